The smallest absolute Gasteiger partial charge is 0.229 e. The summed E-state index contributed by atoms with van der Waals surface area (Å²) >= 11 is 0. The van der Waals surface area contributed by atoms with E-state index < -0.39 is 0 Å². The zero-order valence-corrected chi connectivity index (χ0v) is 18.6. The standard InChI is InChI=1S/C24H32N6O2/c1-32-28-23(21-4-2-3-10-26-21)19-8-14-30(15-9-19)24(31)20-6-12-29(13-7-20)17-18-5-11-27-22(25)16-18/h2-5,8,10-11,14,16,19-20,23,28H,6-7,9,12-13,15,17H2,1H3,(H2,25,27). The summed E-state index contributed by atoms with van der Waals surface area (Å²) in [5.41, 5.74) is 11.0. The fourth-order valence-electron chi connectivity index (χ4n) is 4.61. The van der Waals surface area contributed by atoms with Gasteiger partial charge in [-0.15, -0.1) is 0 Å². The first-order valence-corrected chi connectivity index (χ1v) is 11.2. The number of nitrogens with two attached hydrogens (primary N) is 1. The van der Waals surface area contributed by atoms with E-state index in [0.29, 0.717) is 12.4 Å². The van der Waals surface area contributed by atoms with E-state index in [9.17, 15) is 4.79 Å². The highest BCUT2D eigenvalue weighted by Crippen LogP contribution is 2.29. The van der Waals surface area contributed by atoms with E-state index in [1.807, 2.05) is 41.4 Å². The molecule has 1 amide bonds. The van der Waals surface area contributed by atoms with Crippen molar-refractivity contribution in [1.82, 2.24) is 25.2 Å². The highest BCUT2D eigenvalue weighted by Gasteiger charge is 2.31. The maximum absolute atomic E-state index is 13.1. The molecule has 4 rings (SSSR count). The van der Waals surface area contributed by atoms with Gasteiger partial charge in [-0.3, -0.25) is 14.7 Å². The van der Waals surface area contributed by atoms with E-state index in [2.05, 4.69) is 26.4 Å². The van der Waals surface area contributed by atoms with Crippen LogP contribution < -0.4 is 11.2 Å². The molecule has 2 aromatic heterocycles. The van der Waals surface area contributed by atoms with Crippen LogP contribution in [0.4, 0.5) is 5.82 Å². The van der Waals surface area contributed by atoms with Crippen LogP contribution >= 0.6 is 0 Å². The van der Waals surface area contributed by atoms with Gasteiger partial charge in [0.05, 0.1) is 18.8 Å². The molecular formula is C24H32N6O2. The maximum Gasteiger partial charge on any atom is 0.229 e. The number of amides is 1. The monoisotopic (exact) mass is 436 g/mol. The predicted molar refractivity (Wildman–Crippen MR) is 123 cm³/mol. The van der Waals surface area contributed by atoms with Crippen molar-refractivity contribution in [2.75, 3.05) is 32.5 Å². The van der Waals surface area contributed by atoms with Crippen molar-refractivity contribution >= 4 is 11.7 Å². The number of likely N-dealkylation sites (tertiary alicyclic amines) is 1. The molecule has 0 radical (unpaired) electrons. The van der Waals surface area contributed by atoms with E-state index in [-0.39, 0.29) is 23.8 Å². The molecule has 2 atom stereocenters. The van der Waals surface area contributed by atoms with Crippen molar-refractivity contribution in [2.24, 2.45) is 11.8 Å². The Kier molecular flexibility index (Phi) is 7.47. The van der Waals surface area contributed by atoms with Gasteiger partial charge in [0.15, 0.2) is 0 Å². The molecule has 2 aliphatic heterocycles. The Morgan fingerprint density at radius 2 is 2.03 bits per heavy atom. The van der Waals surface area contributed by atoms with Gasteiger partial charge < -0.3 is 15.5 Å². The second-order valence-electron chi connectivity index (χ2n) is 8.52. The van der Waals surface area contributed by atoms with Crippen LogP contribution in [-0.4, -0.2) is 52.4 Å². The average molecular weight is 437 g/mol. The highest BCUT2D eigenvalue weighted by atomic mass is 16.6. The lowest BCUT2D eigenvalue weighted by atomic mass is 9.90. The van der Waals surface area contributed by atoms with Crippen molar-refractivity contribution in [3.8, 4) is 0 Å². The molecule has 2 unspecified atom stereocenters. The Morgan fingerprint density at radius 3 is 2.69 bits per heavy atom. The molecule has 1 saturated heterocycles. The summed E-state index contributed by atoms with van der Waals surface area (Å²) in [6.07, 6.45) is 10.2. The quantitative estimate of drug-likeness (QED) is 0.644. The summed E-state index contributed by atoms with van der Waals surface area (Å²) in [5, 5.41) is 0. The minimum Gasteiger partial charge on any atom is -0.384 e. The van der Waals surface area contributed by atoms with E-state index in [4.69, 9.17) is 10.6 Å². The number of piperidine rings is 1. The van der Waals surface area contributed by atoms with E-state index in [1.165, 1.54) is 5.56 Å². The molecule has 2 aliphatic rings. The van der Waals surface area contributed by atoms with Crippen molar-refractivity contribution in [3.63, 3.8) is 0 Å². The normalized spacial score (nSPS) is 20.9. The molecule has 1 fully saturated rings. The van der Waals surface area contributed by atoms with Crippen LogP contribution in [0.1, 0.15) is 36.6 Å². The topological polar surface area (TPSA) is 96.6 Å². The number of carbonyl (C=O) groups is 1. The first kappa shape index (κ1) is 22.4. The molecule has 0 aliphatic carbocycles. The van der Waals surface area contributed by atoms with E-state index in [0.717, 1.165) is 44.6 Å². The van der Waals surface area contributed by atoms with Gasteiger partial charge in [-0.2, -0.15) is 5.48 Å². The molecular weight excluding hydrogens is 404 g/mol. The zero-order valence-electron chi connectivity index (χ0n) is 18.6. The fraction of sp³-hybridized carbons (Fsp3) is 0.458. The number of hydrogen-bond donors (Lipinski definition) is 2. The summed E-state index contributed by atoms with van der Waals surface area (Å²) in [5.74, 6) is 1.08. The average Bonchev–Trinajstić information content (AvgIpc) is 2.83. The molecule has 8 nitrogen and oxygen atoms in total. The number of pyridine rings is 2. The zero-order chi connectivity index (χ0) is 22.3. The van der Waals surface area contributed by atoms with Crippen LogP contribution in [-0.2, 0) is 16.2 Å². The first-order chi connectivity index (χ1) is 15.6. The lowest BCUT2D eigenvalue weighted by Crippen LogP contribution is -2.42. The second kappa shape index (κ2) is 10.7. The molecule has 3 N–H and O–H groups in total. The van der Waals surface area contributed by atoms with E-state index in [1.54, 1.807) is 19.5 Å². The molecule has 0 spiro atoms. The first-order valence-electron chi connectivity index (χ1n) is 11.2. The third-order valence-electron chi connectivity index (χ3n) is 6.37. The van der Waals surface area contributed by atoms with Gasteiger partial charge in [-0.25, -0.2) is 4.98 Å². The van der Waals surface area contributed by atoms with Crippen molar-refractivity contribution in [2.45, 2.75) is 31.8 Å². The van der Waals surface area contributed by atoms with Gasteiger partial charge in [0.25, 0.3) is 0 Å². The van der Waals surface area contributed by atoms with Crippen molar-refractivity contribution in [1.29, 1.82) is 0 Å². The lowest BCUT2D eigenvalue weighted by Gasteiger charge is -2.36. The SMILES string of the molecule is CONC(c1ccccn1)C1C=CN(C(=O)C2CCN(Cc3ccnc(N)c3)CC2)CC1. The van der Waals surface area contributed by atoms with Crippen LogP contribution in [0.15, 0.2) is 55.0 Å². The molecule has 0 bridgehead atoms. The van der Waals surface area contributed by atoms with E-state index >= 15 is 0 Å². The number of nitrogens with zero attached hydrogens (tertiary/aromatic N) is 4. The number of hydrogen-bond acceptors (Lipinski definition) is 7. The minimum atomic E-state index is -0.0415. The number of anilines is 1. The van der Waals surface area contributed by atoms with Crippen LogP contribution in [0, 0.1) is 11.8 Å². The predicted octanol–water partition coefficient (Wildman–Crippen LogP) is 2.53. The maximum atomic E-state index is 13.1. The Hall–Kier alpha value is -2.81. The summed E-state index contributed by atoms with van der Waals surface area (Å²) in [6, 6.07) is 9.76. The summed E-state index contributed by atoms with van der Waals surface area (Å²) in [6.45, 7) is 3.39. The highest BCUT2D eigenvalue weighted by molar-refractivity contribution is 5.80. The molecule has 32 heavy (non-hydrogen) atoms. The summed E-state index contributed by atoms with van der Waals surface area (Å²) < 4.78 is 0. The van der Waals surface area contributed by atoms with Gasteiger partial charge in [-0.05, 0) is 62.2 Å². The molecule has 0 aromatic carbocycles. The Morgan fingerprint density at radius 1 is 1.19 bits per heavy atom. The van der Waals surface area contributed by atoms with Gasteiger partial charge >= 0.3 is 0 Å². The van der Waals surface area contributed by atoms with Crippen LogP contribution in [0.3, 0.4) is 0 Å². The second-order valence-corrected chi connectivity index (χ2v) is 8.52. The number of hydroxylamine groups is 1. The lowest BCUT2D eigenvalue weighted by molar-refractivity contribution is -0.134. The van der Waals surface area contributed by atoms with Gasteiger partial charge in [0.2, 0.25) is 5.91 Å². The van der Waals surface area contributed by atoms with Gasteiger partial charge in [0, 0.05) is 43.5 Å². The fourth-order valence-corrected chi connectivity index (χ4v) is 4.61. The van der Waals surface area contributed by atoms with Gasteiger partial charge in [-0.1, -0.05) is 12.1 Å². The Labute approximate surface area is 189 Å². The minimum absolute atomic E-state index is 0.0415. The van der Waals surface area contributed by atoms with Crippen LogP contribution in [0.25, 0.3) is 0 Å². The van der Waals surface area contributed by atoms with Crippen LogP contribution in [0.2, 0.25) is 0 Å². The molecule has 8 heteroatoms. The van der Waals surface area contributed by atoms with Crippen molar-refractivity contribution < 1.29 is 9.63 Å². The van der Waals surface area contributed by atoms with Gasteiger partial charge in [0.1, 0.15) is 5.82 Å². The number of nitrogens with one attached hydrogen (secondary N) is 1. The molecule has 0 saturated carbocycles. The largest absolute Gasteiger partial charge is 0.384 e. The van der Waals surface area contributed by atoms with Crippen LogP contribution in [0.5, 0.6) is 0 Å². The third kappa shape index (κ3) is 5.51. The summed E-state index contributed by atoms with van der Waals surface area (Å²) in [4.78, 5) is 31.1. The molecule has 2 aromatic rings. The summed E-state index contributed by atoms with van der Waals surface area (Å²) in [7, 11) is 1.62. The van der Waals surface area contributed by atoms with Crippen molar-refractivity contribution in [3.05, 3.63) is 66.3 Å². The number of carbonyl (C=O) groups excluding carboxylic acids is 1. The molecule has 4 heterocycles. The Bertz CT molecular complexity index is 914. The number of nitrogen functional groups attached to an aromatic ring is 1. The molecule has 170 valence electrons. The third-order valence-corrected chi connectivity index (χ3v) is 6.37. The Balaban J connectivity index is 1.30. The number of rotatable bonds is 7. The number of aromatic nitrogens is 2.